The zero-order chi connectivity index (χ0) is 6.69. The van der Waals surface area contributed by atoms with Gasteiger partial charge in [-0.15, -0.1) is 6.07 Å². The van der Waals surface area contributed by atoms with E-state index in [-0.39, 0.29) is 35.5 Å². The average Bonchev–Trinajstić information content (AvgIpc) is 1.90. The topological polar surface area (TPSA) is 3.24 Å². The molecule has 0 unspecified atom stereocenters. The molecule has 0 bridgehead atoms. The molecule has 1 aromatic carbocycles. The van der Waals surface area contributed by atoms with Crippen molar-refractivity contribution in [3.05, 3.63) is 30.3 Å². The Balaban J connectivity index is 0. The fraction of sp³-hybridized carbons (Fsp3) is 0.250. The average molecular weight is 180 g/mol. The van der Waals surface area contributed by atoms with Crippen LogP contribution in [0.5, 0.6) is 0 Å². The van der Waals surface area contributed by atoms with Crippen molar-refractivity contribution in [2.45, 2.75) is 0 Å². The van der Waals surface area contributed by atoms with E-state index in [1.165, 1.54) is 0 Å². The molecule has 1 rings (SSSR count). The van der Waals surface area contributed by atoms with Crippen LogP contribution < -0.4 is 17.3 Å². The van der Waals surface area contributed by atoms with Crippen LogP contribution in [-0.2, 0) is 0 Å². The predicted molar refractivity (Wildman–Crippen MR) is 45.4 cm³/mol. The smallest absolute Gasteiger partial charge is 1.00 e. The zero-order valence-corrected chi connectivity index (χ0v) is 9.01. The van der Waals surface area contributed by atoms with E-state index in [9.17, 15) is 0 Å². The minimum Gasteiger partial charge on any atom is -1.00 e. The van der Waals surface area contributed by atoms with Crippen molar-refractivity contribution in [2.24, 2.45) is 0 Å². The van der Waals surface area contributed by atoms with E-state index in [2.05, 4.69) is 6.07 Å². The standard InChI is InChI=1S/C8H10N.ClH.Mg/c1-9(2)8-6-4-3-5-7-8;;/h3-6H,1-2H3;1H;/q-1;;+2/p-1. The van der Waals surface area contributed by atoms with Crippen LogP contribution in [0.25, 0.3) is 0 Å². The maximum atomic E-state index is 3.09. The molecular formula is C8H10ClMgN. The zero-order valence-electron chi connectivity index (χ0n) is 6.84. The van der Waals surface area contributed by atoms with Crippen LogP contribution in [0.3, 0.4) is 0 Å². The molecule has 1 nitrogen and oxygen atoms in total. The van der Waals surface area contributed by atoms with E-state index in [1.54, 1.807) is 0 Å². The molecule has 0 aromatic heterocycles. The van der Waals surface area contributed by atoms with Gasteiger partial charge in [-0.3, -0.25) is 0 Å². The van der Waals surface area contributed by atoms with Crippen LogP contribution in [0.1, 0.15) is 0 Å². The molecule has 0 radical (unpaired) electrons. The van der Waals surface area contributed by atoms with Gasteiger partial charge in [0.1, 0.15) is 0 Å². The van der Waals surface area contributed by atoms with Gasteiger partial charge in [0, 0.05) is 14.1 Å². The summed E-state index contributed by atoms with van der Waals surface area (Å²) in [4.78, 5) is 2.03. The molecule has 0 heterocycles. The van der Waals surface area contributed by atoms with E-state index in [4.69, 9.17) is 0 Å². The van der Waals surface area contributed by atoms with Gasteiger partial charge in [0.2, 0.25) is 0 Å². The van der Waals surface area contributed by atoms with Gasteiger partial charge in [0.05, 0.1) is 0 Å². The van der Waals surface area contributed by atoms with Gasteiger partial charge in [-0.1, -0.05) is 5.69 Å². The summed E-state index contributed by atoms with van der Waals surface area (Å²) in [6, 6.07) is 11.0. The quantitative estimate of drug-likeness (QED) is 0.363. The Hall–Kier alpha value is 0.0762. The Morgan fingerprint density at radius 2 is 1.91 bits per heavy atom. The summed E-state index contributed by atoms with van der Waals surface area (Å²) >= 11 is 0. The van der Waals surface area contributed by atoms with Crippen molar-refractivity contribution in [1.82, 2.24) is 0 Å². The molecule has 3 heteroatoms. The fourth-order valence-corrected chi connectivity index (χ4v) is 0.662. The first-order valence-corrected chi connectivity index (χ1v) is 2.95. The second-order valence-electron chi connectivity index (χ2n) is 2.14. The van der Waals surface area contributed by atoms with Crippen LogP contribution in [-0.4, -0.2) is 37.1 Å². The van der Waals surface area contributed by atoms with Gasteiger partial charge in [-0.05, 0) is 0 Å². The van der Waals surface area contributed by atoms with Gasteiger partial charge in [0.15, 0.2) is 0 Å². The summed E-state index contributed by atoms with van der Waals surface area (Å²) in [6.45, 7) is 0. The van der Waals surface area contributed by atoms with Crippen molar-refractivity contribution >= 4 is 28.7 Å². The van der Waals surface area contributed by atoms with Gasteiger partial charge in [0.25, 0.3) is 0 Å². The molecule has 0 saturated heterocycles. The molecule has 0 fully saturated rings. The van der Waals surface area contributed by atoms with Gasteiger partial charge >= 0.3 is 23.1 Å². The minimum atomic E-state index is 0. The monoisotopic (exact) mass is 179 g/mol. The van der Waals surface area contributed by atoms with E-state index in [0.717, 1.165) is 5.69 Å². The summed E-state index contributed by atoms with van der Waals surface area (Å²) in [7, 11) is 4.01. The molecular weight excluding hydrogens is 170 g/mol. The third-order valence-corrected chi connectivity index (χ3v) is 1.17. The number of anilines is 1. The summed E-state index contributed by atoms with van der Waals surface area (Å²) < 4.78 is 0. The molecule has 0 aliphatic rings. The Bertz CT molecular complexity index is 177. The molecule has 0 aliphatic carbocycles. The Kier molecular flexibility index (Phi) is 8.40. The molecule has 0 N–H and O–H groups in total. The van der Waals surface area contributed by atoms with Crippen molar-refractivity contribution in [2.75, 3.05) is 19.0 Å². The Morgan fingerprint density at radius 3 is 2.18 bits per heavy atom. The van der Waals surface area contributed by atoms with Crippen LogP contribution in [0, 0.1) is 6.07 Å². The molecule has 0 spiro atoms. The number of hydrogen-bond donors (Lipinski definition) is 0. The van der Waals surface area contributed by atoms with Gasteiger partial charge < -0.3 is 17.3 Å². The van der Waals surface area contributed by atoms with E-state index in [0.29, 0.717) is 0 Å². The summed E-state index contributed by atoms with van der Waals surface area (Å²) in [5.74, 6) is 0. The third-order valence-electron chi connectivity index (χ3n) is 1.17. The van der Waals surface area contributed by atoms with Crippen LogP contribution in [0.2, 0.25) is 0 Å². The first kappa shape index (κ1) is 13.7. The Morgan fingerprint density at radius 1 is 1.27 bits per heavy atom. The second-order valence-corrected chi connectivity index (χ2v) is 2.14. The maximum Gasteiger partial charge on any atom is 2.00 e. The van der Waals surface area contributed by atoms with E-state index < -0.39 is 0 Å². The summed E-state index contributed by atoms with van der Waals surface area (Å²) in [5.41, 5.74) is 1.12. The number of halogens is 1. The normalized spacial score (nSPS) is 7.45. The SMILES string of the molecule is CN(C)c1[c-]cccc1.[Cl-].[Mg+2]. The molecule has 56 valence electrons. The first-order valence-electron chi connectivity index (χ1n) is 2.95. The number of nitrogens with zero attached hydrogens (tertiary/aromatic N) is 1. The van der Waals surface area contributed by atoms with Crippen LogP contribution in [0.4, 0.5) is 5.69 Å². The van der Waals surface area contributed by atoms with Crippen molar-refractivity contribution in [3.8, 4) is 0 Å². The van der Waals surface area contributed by atoms with Crippen molar-refractivity contribution < 1.29 is 12.4 Å². The number of rotatable bonds is 1. The molecule has 1 aromatic rings. The molecule has 0 amide bonds. The fourth-order valence-electron chi connectivity index (χ4n) is 0.662. The van der Waals surface area contributed by atoms with E-state index in [1.807, 2.05) is 43.3 Å². The summed E-state index contributed by atoms with van der Waals surface area (Å²) in [5, 5.41) is 0. The minimum absolute atomic E-state index is 0. The first-order chi connectivity index (χ1) is 4.30. The number of para-hydroxylation sites is 1. The van der Waals surface area contributed by atoms with Crippen LogP contribution >= 0.6 is 0 Å². The molecule has 11 heavy (non-hydrogen) atoms. The number of hydrogen-bond acceptors (Lipinski definition) is 1. The molecule has 0 atom stereocenters. The molecule has 0 saturated carbocycles. The maximum absolute atomic E-state index is 3.09. The van der Waals surface area contributed by atoms with Crippen LogP contribution in [0.15, 0.2) is 24.3 Å². The predicted octanol–water partition coefficient (Wildman–Crippen LogP) is -1.82. The molecule has 0 aliphatic heterocycles. The van der Waals surface area contributed by atoms with Gasteiger partial charge in [-0.25, -0.2) is 0 Å². The largest absolute Gasteiger partial charge is 2.00 e. The third kappa shape index (κ3) is 4.51. The number of benzene rings is 1. The second kappa shape index (κ2) is 6.77. The summed E-state index contributed by atoms with van der Waals surface area (Å²) in [6.07, 6.45) is 0. The van der Waals surface area contributed by atoms with Crippen molar-refractivity contribution in [3.63, 3.8) is 0 Å². The van der Waals surface area contributed by atoms with Crippen molar-refractivity contribution in [1.29, 1.82) is 0 Å². The Labute approximate surface area is 90.3 Å². The van der Waals surface area contributed by atoms with Gasteiger partial charge in [-0.2, -0.15) is 24.3 Å². The van der Waals surface area contributed by atoms with E-state index >= 15 is 0 Å².